The minimum Gasteiger partial charge on any atom is -0.494 e. The molecular weight excluding hydrogens is 338 g/mol. The second-order valence-electron chi connectivity index (χ2n) is 6.37. The lowest BCUT2D eigenvalue weighted by Crippen LogP contribution is -2.15. The molecule has 1 aromatic heterocycles. The largest absolute Gasteiger partial charge is 0.494 e. The second-order valence-corrected chi connectivity index (χ2v) is 7.47. The van der Waals surface area contributed by atoms with Gasteiger partial charge in [0.1, 0.15) is 23.4 Å². The molecule has 0 fully saturated rings. The third-order valence-corrected chi connectivity index (χ3v) is 5.77. The SMILES string of the molecule is CCOc1cc2c(cc1[C@H]1SCC(=O)Nc3c1cnn3C)O[C@H](C)C2. The van der Waals surface area contributed by atoms with Crippen molar-refractivity contribution in [3.8, 4) is 11.5 Å². The van der Waals surface area contributed by atoms with Gasteiger partial charge in [-0.05, 0) is 26.0 Å². The molecule has 2 aliphatic rings. The molecule has 25 heavy (non-hydrogen) atoms. The smallest absolute Gasteiger partial charge is 0.235 e. The summed E-state index contributed by atoms with van der Waals surface area (Å²) in [6.45, 7) is 4.65. The molecule has 0 bridgehead atoms. The third-order valence-electron chi connectivity index (χ3n) is 4.50. The summed E-state index contributed by atoms with van der Waals surface area (Å²) >= 11 is 1.59. The number of amides is 1. The van der Waals surface area contributed by atoms with Gasteiger partial charge in [-0.2, -0.15) is 5.10 Å². The normalized spacial score (nSPS) is 21.8. The van der Waals surface area contributed by atoms with Crippen molar-refractivity contribution in [1.82, 2.24) is 9.78 Å². The molecule has 0 aliphatic carbocycles. The van der Waals surface area contributed by atoms with Crippen LogP contribution in [0.3, 0.4) is 0 Å². The van der Waals surface area contributed by atoms with Crippen molar-refractivity contribution in [2.45, 2.75) is 31.6 Å². The Morgan fingerprint density at radius 3 is 3.08 bits per heavy atom. The maximum Gasteiger partial charge on any atom is 0.235 e. The van der Waals surface area contributed by atoms with Gasteiger partial charge in [0.2, 0.25) is 5.91 Å². The average Bonchev–Trinajstić information content (AvgIpc) is 3.05. The zero-order valence-electron chi connectivity index (χ0n) is 14.5. The number of nitrogens with one attached hydrogen (secondary N) is 1. The maximum absolute atomic E-state index is 12.1. The molecule has 2 aliphatic heterocycles. The fourth-order valence-electron chi connectivity index (χ4n) is 3.41. The Morgan fingerprint density at radius 1 is 1.44 bits per heavy atom. The molecule has 0 spiro atoms. The van der Waals surface area contributed by atoms with Gasteiger partial charge in [0.05, 0.1) is 23.8 Å². The molecule has 0 saturated carbocycles. The van der Waals surface area contributed by atoms with Gasteiger partial charge < -0.3 is 14.8 Å². The number of carbonyl (C=O) groups is 1. The highest BCUT2D eigenvalue weighted by atomic mass is 32.2. The molecule has 2 atom stereocenters. The number of nitrogens with zero attached hydrogens (tertiary/aromatic N) is 2. The summed E-state index contributed by atoms with van der Waals surface area (Å²) in [4.78, 5) is 12.1. The first-order valence-corrected chi connectivity index (χ1v) is 9.51. The topological polar surface area (TPSA) is 65.4 Å². The molecule has 0 saturated heterocycles. The van der Waals surface area contributed by atoms with E-state index in [0.717, 1.165) is 34.9 Å². The van der Waals surface area contributed by atoms with E-state index in [0.29, 0.717) is 12.4 Å². The van der Waals surface area contributed by atoms with Crippen molar-refractivity contribution in [2.75, 3.05) is 17.7 Å². The van der Waals surface area contributed by atoms with E-state index in [9.17, 15) is 4.79 Å². The molecule has 6 nitrogen and oxygen atoms in total. The number of aromatic nitrogens is 2. The summed E-state index contributed by atoms with van der Waals surface area (Å²) in [5, 5.41) is 7.24. The van der Waals surface area contributed by atoms with E-state index in [1.807, 2.05) is 20.2 Å². The fourth-order valence-corrected chi connectivity index (χ4v) is 4.52. The van der Waals surface area contributed by atoms with Gasteiger partial charge in [-0.25, -0.2) is 0 Å². The Kier molecular flexibility index (Phi) is 4.11. The number of carbonyl (C=O) groups excluding carboxylic acids is 1. The number of benzene rings is 1. The Labute approximate surface area is 150 Å². The van der Waals surface area contributed by atoms with Gasteiger partial charge >= 0.3 is 0 Å². The number of aryl methyl sites for hydroxylation is 1. The first-order valence-electron chi connectivity index (χ1n) is 8.46. The average molecular weight is 359 g/mol. The molecular formula is C18H21N3O3S. The molecule has 7 heteroatoms. The summed E-state index contributed by atoms with van der Waals surface area (Å²) < 4.78 is 13.6. The molecule has 132 valence electrons. The third kappa shape index (κ3) is 2.86. The van der Waals surface area contributed by atoms with E-state index < -0.39 is 0 Å². The second kappa shape index (κ2) is 6.29. The van der Waals surface area contributed by atoms with Crippen LogP contribution in [0.1, 0.15) is 35.8 Å². The highest BCUT2D eigenvalue weighted by molar-refractivity contribution is 8.00. The lowest BCUT2D eigenvalue weighted by atomic mass is 10.0. The van der Waals surface area contributed by atoms with Crippen LogP contribution < -0.4 is 14.8 Å². The fraction of sp³-hybridized carbons (Fsp3) is 0.444. The monoisotopic (exact) mass is 359 g/mol. The summed E-state index contributed by atoms with van der Waals surface area (Å²) in [5.74, 6) is 2.90. The highest BCUT2D eigenvalue weighted by Gasteiger charge is 2.31. The van der Waals surface area contributed by atoms with Crippen molar-refractivity contribution in [1.29, 1.82) is 0 Å². The van der Waals surface area contributed by atoms with Crippen LogP contribution in [0.5, 0.6) is 11.5 Å². The lowest BCUT2D eigenvalue weighted by molar-refractivity contribution is -0.113. The lowest BCUT2D eigenvalue weighted by Gasteiger charge is -2.19. The van der Waals surface area contributed by atoms with Crippen LogP contribution in [0, 0.1) is 0 Å². The predicted molar refractivity (Wildman–Crippen MR) is 97.5 cm³/mol. The molecule has 0 unspecified atom stereocenters. The highest BCUT2D eigenvalue weighted by Crippen LogP contribution is 2.47. The molecule has 4 rings (SSSR count). The van der Waals surface area contributed by atoms with Crippen LogP contribution >= 0.6 is 11.8 Å². The van der Waals surface area contributed by atoms with E-state index in [1.165, 1.54) is 5.56 Å². The van der Waals surface area contributed by atoms with Crippen LogP contribution in [-0.4, -0.2) is 34.2 Å². The van der Waals surface area contributed by atoms with Gasteiger partial charge in [-0.3, -0.25) is 9.48 Å². The quantitative estimate of drug-likeness (QED) is 0.913. The number of rotatable bonds is 3. The summed E-state index contributed by atoms with van der Waals surface area (Å²) in [6.07, 6.45) is 2.90. The van der Waals surface area contributed by atoms with Crippen LogP contribution in [0.4, 0.5) is 5.82 Å². The Balaban J connectivity index is 1.83. The van der Waals surface area contributed by atoms with Gasteiger partial charge in [0.15, 0.2) is 0 Å². The zero-order chi connectivity index (χ0) is 17.6. The Morgan fingerprint density at radius 2 is 2.28 bits per heavy atom. The predicted octanol–water partition coefficient (Wildman–Crippen LogP) is 2.92. The minimum atomic E-state index is -0.0333. The van der Waals surface area contributed by atoms with Crippen LogP contribution in [0.2, 0.25) is 0 Å². The number of fused-ring (bicyclic) bond motifs is 2. The Bertz CT molecular complexity index is 833. The molecule has 3 heterocycles. The van der Waals surface area contributed by atoms with Gasteiger partial charge in [0.25, 0.3) is 0 Å². The number of thioether (sulfide) groups is 1. The number of hydrogen-bond donors (Lipinski definition) is 1. The van der Waals surface area contributed by atoms with Crippen molar-refractivity contribution >= 4 is 23.5 Å². The van der Waals surface area contributed by atoms with E-state index in [-0.39, 0.29) is 17.3 Å². The molecule has 0 radical (unpaired) electrons. The molecule has 2 aromatic rings. The number of hydrogen-bond acceptors (Lipinski definition) is 5. The van der Waals surface area contributed by atoms with Crippen molar-refractivity contribution < 1.29 is 14.3 Å². The zero-order valence-corrected chi connectivity index (χ0v) is 15.4. The molecule has 1 amide bonds. The standard InChI is InChI=1S/C18H21N3O3S/c1-4-23-15-6-11-5-10(2)24-14(11)7-12(15)17-13-8-19-21(3)18(13)20-16(22)9-25-17/h6-8,10,17H,4-5,9H2,1-3H3,(H,20,22)/t10-,17-/m1/s1. The van der Waals surface area contributed by atoms with Crippen LogP contribution in [0.25, 0.3) is 0 Å². The summed E-state index contributed by atoms with van der Waals surface area (Å²) in [6, 6.07) is 4.17. The summed E-state index contributed by atoms with van der Waals surface area (Å²) in [5.41, 5.74) is 3.20. The van der Waals surface area contributed by atoms with Crippen LogP contribution in [0.15, 0.2) is 18.3 Å². The van der Waals surface area contributed by atoms with Crippen LogP contribution in [-0.2, 0) is 18.3 Å². The van der Waals surface area contributed by atoms with Gasteiger partial charge in [-0.15, -0.1) is 11.8 Å². The summed E-state index contributed by atoms with van der Waals surface area (Å²) in [7, 11) is 1.84. The first kappa shape index (κ1) is 16.3. The first-order chi connectivity index (χ1) is 12.1. The van der Waals surface area contributed by atoms with Crippen molar-refractivity contribution in [3.63, 3.8) is 0 Å². The maximum atomic E-state index is 12.1. The van der Waals surface area contributed by atoms with Gasteiger partial charge in [-0.1, -0.05) is 0 Å². The van der Waals surface area contributed by atoms with E-state index in [1.54, 1.807) is 16.4 Å². The van der Waals surface area contributed by atoms with E-state index in [4.69, 9.17) is 9.47 Å². The van der Waals surface area contributed by atoms with E-state index in [2.05, 4.69) is 29.5 Å². The Hall–Kier alpha value is -2.15. The van der Waals surface area contributed by atoms with Crippen molar-refractivity contribution in [2.24, 2.45) is 7.05 Å². The minimum absolute atomic E-state index is 0.0126. The van der Waals surface area contributed by atoms with E-state index >= 15 is 0 Å². The van der Waals surface area contributed by atoms with Crippen molar-refractivity contribution in [3.05, 3.63) is 35.0 Å². The van der Waals surface area contributed by atoms with Gasteiger partial charge in [0, 0.05) is 30.2 Å². The molecule has 1 aromatic carbocycles. The number of anilines is 1. The molecule has 1 N–H and O–H groups in total. The number of ether oxygens (including phenoxy) is 2.